The van der Waals surface area contributed by atoms with Gasteiger partial charge in [-0.1, -0.05) is 38.1 Å². The van der Waals surface area contributed by atoms with Crippen molar-refractivity contribution in [3.63, 3.8) is 0 Å². The molecule has 1 rings (SSSR count). The average Bonchev–Trinajstić information content (AvgIpc) is 2.28. The molecule has 0 amide bonds. The summed E-state index contributed by atoms with van der Waals surface area (Å²) in [7, 11) is 2.19. The van der Waals surface area contributed by atoms with E-state index in [1.807, 2.05) is 0 Å². The maximum Gasteiger partial charge on any atom is 0.0230 e. The Morgan fingerprint density at radius 3 is 2.59 bits per heavy atom. The predicted molar refractivity (Wildman–Crippen MR) is 74.7 cm³/mol. The van der Waals surface area contributed by atoms with Crippen molar-refractivity contribution in [2.45, 2.75) is 39.8 Å². The summed E-state index contributed by atoms with van der Waals surface area (Å²) < 4.78 is 0. The van der Waals surface area contributed by atoms with Crippen LogP contribution >= 0.6 is 0 Å². The average molecular weight is 234 g/mol. The molecule has 0 radical (unpaired) electrons. The first-order valence-electron chi connectivity index (χ1n) is 6.58. The van der Waals surface area contributed by atoms with E-state index in [0.29, 0.717) is 6.54 Å². The number of hydrogen-bond donors (Lipinski definition) is 1. The van der Waals surface area contributed by atoms with Crippen molar-refractivity contribution >= 4 is 0 Å². The van der Waals surface area contributed by atoms with Crippen LogP contribution in [0.5, 0.6) is 0 Å². The predicted octanol–water partition coefficient (Wildman–Crippen LogP) is 3.01. The maximum atomic E-state index is 5.65. The van der Waals surface area contributed by atoms with Crippen LogP contribution in [0, 0.1) is 5.92 Å². The molecule has 96 valence electrons. The number of nitrogens with zero attached hydrogens (tertiary/aromatic N) is 1. The second-order valence-electron chi connectivity index (χ2n) is 5.30. The van der Waals surface area contributed by atoms with Crippen LogP contribution in [0.25, 0.3) is 0 Å². The molecule has 0 saturated carbocycles. The Kier molecular flexibility index (Phi) is 6.23. The number of nitrogens with two attached hydrogens (primary N) is 1. The van der Waals surface area contributed by atoms with E-state index in [4.69, 9.17) is 5.73 Å². The molecule has 2 N–H and O–H groups in total. The molecule has 2 heteroatoms. The molecular formula is C15H26N2. The Labute approximate surface area is 106 Å². The molecule has 0 aliphatic carbocycles. The van der Waals surface area contributed by atoms with Crippen LogP contribution in [-0.2, 0) is 13.1 Å². The quantitative estimate of drug-likeness (QED) is 0.786. The van der Waals surface area contributed by atoms with Crippen molar-refractivity contribution < 1.29 is 0 Å². The first-order chi connectivity index (χ1) is 8.11. The highest BCUT2D eigenvalue weighted by molar-refractivity contribution is 5.23. The molecule has 0 heterocycles. The van der Waals surface area contributed by atoms with Gasteiger partial charge in [-0.3, -0.25) is 0 Å². The summed E-state index contributed by atoms with van der Waals surface area (Å²) in [6.45, 7) is 7.39. The fraction of sp³-hybridized carbons (Fsp3) is 0.600. The zero-order valence-electron chi connectivity index (χ0n) is 11.4. The number of rotatable bonds is 7. The first kappa shape index (κ1) is 14.2. The minimum absolute atomic E-state index is 0.630. The summed E-state index contributed by atoms with van der Waals surface area (Å²) in [4.78, 5) is 2.39. The minimum atomic E-state index is 0.630. The molecule has 0 aliphatic heterocycles. The smallest absolute Gasteiger partial charge is 0.0230 e. The van der Waals surface area contributed by atoms with E-state index >= 15 is 0 Å². The lowest BCUT2D eigenvalue weighted by Crippen LogP contribution is -2.19. The van der Waals surface area contributed by atoms with E-state index in [2.05, 4.69) is 50.1 Å². The Morgan fingerprint density at radius 1 is 1.24 bits per heavy atom. The largest absolute Gasteiger partial charge is 0.326 e. The van der Waals surface area contributed by atoms with Gasteiger partial charge in [0.25, 0.3) is 0 Å². The van der Waals surface area contributed by atoms with Crippen LogP contribution in [0.4, 0.5) is 0 Å². The standard InChI is InChI=1S/C15H26N2/c1-13(2)6-5-9-17(3)12-15-8-4-7-14(10-15)11-16/h4,7-8,10,13H,5-6,9,11-12,16H2,1-3H3. The summed E-state index contributed by atoms with van der Waals surface area (Å²) >= 11 is 0. The van der Waals surface area contributed by atoms with Crippen molar-refractivity contribution in [1.82, 2.24) is 4.90 Å². The summed E-state index contributed by atoms with van der Waals surface area (Å²) in [5.41, 5.74) is 8.23. The van der Waals surface area contributed by atoms with Crippen LogP contribution in [0.2, 0.25) is 0 Å². The Bertz CT molecular complexity index is 320. The normalized spacial score (nSPS) is 11.4. The van der Waals surface area contributed by atoms with E-state index in [9.17, 15) is 0 Å². The highest BCUT2D eigenvalue weighted by Crippen LogP contribution is 2.09. The molecule has 2 nitrogen and oxygen atoms in total. The summed E-state index contributed by atoms with van der Waals surface area (Å²) in [5.74, 6) is 0.809. The molecule has 0 aliphatic rings. The SMILES string of the molecule is CC(C)CCCN(C)Cc1cccc(CN)c1. The van der Waals surface area contributed by atoms with Gasteiger partial charge in [0.2, 0.25) is 0 Å². The third-order valence-electron chi connectivity index (χ3n) is 3.00. The Morgan fingerprint density at radius 2 is 1.94 bits per heavy atom. The van der Waals surface area contributed by atoms with Crippen LogP contribution in [0.3, 0.4) is 0 Å². The third kappa shape index (κ3) is 5.85. The topological polar surface area (TPSA) is 29.3 Å². The molecule has 17 heavy (non-hydrogen) atoms. The van der Waals surface area contributed by atoms with E-state index in [1.165, 1.54) is 30.5 Å². The van der Waals surface area contributed by atoms with Gasteiger partial charge in [0.15, 0.2) is 0 Å². The van der Waals surface area contributed by atoms with Crippen molar-refractivity contribution in [3.05, 3.63) is 35.4 Å². The van der Waals surface area contributed by atoms with Crippen LogP contribution in [0.1, 0.15) is 37.8 Å². The first-order valence-corrected chi connectivity index (χ1v) is 6.58. The van der Waals surface area contributed by atoms with Crippen molar-refractivity contribution in [2.24, 2.45) is 11.7 Å². The summed E-state index contributed by atoms with van der Waals surface area (Å²) in [6.07, 6.45) is 2.60. The molecular weight excluding hydrogens is 208 g/mol. The van der Waals surface area contributed by atoms with Gasteiger partial charge in [0, 0.05) is 13.1 Å². The monoisotopic (exact) mass is 234 g/mol. The van der Waals surface area contributed by atoms with Gasteiger partial charge in [-0.2, -0.15) is 0 Å². The zero-order chi connectivity index (χ0) is 12.7. The van der Waals surface area contributed by atoms with Gasteiger partial charge in [-0.05, 0) is 43.5 Å². The van der Waals surface area contributed by atoms with Gasteiger partial charge < -0.3 is 10.6 Å². The van der Waals surface area contributed by atoms with Crippen molar-refractivity contribution in [1.29, 1.82) is 0 Å². The number of hydrogen-bond acceptors (Lipinski definition) is 2. The van der Waals surface area contributed by atoms with Crippen LogP contribution < -0.4 is 5.73 Å². The van der Waals surface area contributed by atoms with Gasteiger partial charge in [-0.15, -0.1) is 0 Å². The van der Waals surface area contributed by atoms with E-state index in [-0.39, 0.29) is 0 Å². The van der Waals surface area contributed by atoms with Gasteiger partial charge in [0.1, 0.15) is 0 Å². The minimum Gasteiger partial charge on any atom is -0.326 e. The maximum absolute atomic E-state index is 5.65. The molecule has 1 aromatic rings. The number of benzene rings is 1. The lowest BCUT2D eigenvalue weighted by atomic mass is 10.1. The molecule has 0 fully saturated rings. The molecule has 0 spiro atoms. The Hall–Kier alpha value is -0.860. The van der Waals surface area contributed by atoms with Crippen molar-refractivity contribution in [2.75, 3.05) is 13.6 Å². The van der Waals surface area contributed by atoms with Gasteiger partial charge in [0.05, 0.1) is 0 Å². The molecule has 0 aromatic heterocycles. The highest BCUT2D eigenvalue weighted by atomic mass is 15.1. The van der Waals surface area contributed by atoms with E-state index in [1.54, 1.807) is 0 Å². The lowest BCUT2D eigenvalue weighted by Gasteiger charge is -2.17. The second kappa shape index (κ2) is 7.46. The van der Waals surface area contributed by atoms with Crippen molar-refractivity contribution in [3.8, 4) is 0 Å². The fourth-order valence-electron chi connectivity index (χ4n) is 2.02. The summed E-state index contributed by atoms with van der Waals surface area (Å²) in [6, 6.07) is 8.57. The molecule has 0 atom stereocenters. The second-order valence-corrected chi connectivity index (χ2v) is 5.30. The fourth-order valence-corrected chi connectivity index (χ4v) is 2.02. The van der Waals surface area contributed by atoms with Gasteiger partial charge in [-0.25, -0.2) is 0 Å². The van der Waals surface area contributed by atoms with E-state index in [0.717, 1.165) is 12.5 Å². The summed E-state index contributed by atoms with van der Waals surface area (Å²) in [5, 5.41) is 0. The van der Waals surface area contributed by atoms with E-state index < -0.39 is 0 Å². The Balaban J connectivity index is 2.36. The van der Waals surface area contributed by atoms with Gasteiger partial charge >= 0.3 is 0 Å². The zero-order valence-corrected chi connectivity index (χ0v) is 11.4. The molecule has 0 saturated heterocycles. The molecule has 1 aromatic carbocycles. The van der Waals surface area contributed by atoms with Crippen LogP contribution in [0.15, 0.2) is 24.3 Å². The molecule has 0 bridgehead atoms. The lowest BCUT2D eigenvalue weighted by molar-refractivity contribution is 0.310. The highest BCUT2D eigenvalue weighted by Gasteiger charge is 2.02. The van der Waals surface area contributed by atoms with Crippen LogP contribution in [-0.4, -0.2) is 18.5 Å². The third-order valence-corrected chi connectivity index (χ3v) is 3.00. The molecule has 0 unspecified atom stereocenters.